The summed E-state index contributed by atoms with van der Waals surface area (Å²) < 4.78 is 10.5. The van der Waals surface area contributed by atoms with Gasteiger partial charge in [-0.2, -0.15) is 0 Å². The molecule has 23 heavy (non-hydrogen) atoms. The highest BCUT2D eigenvalue weighted by Crippen LogP contribution is 2.28. The second-order valence-electron chi connectivity index (χ2n) is 4.77. The third-order valence-corrected chi connectivity index (χ3v) is 4.18. The molecule has 0 saturated carbocycles. The highest BCUT2D eigenvalue weighted by atomic mass is 32.2. The van der Waals surface area contributed by atoms with Gasteiger partial charge in [-0.1, -0.05) is 19.1 Å². The van der Waals surface area contributed by atoms with E-state index in [0.717, 1.165) is 11.3 Å². The Kier molecular flexibility index (Phi) is 6.29. The Labute approximate surface area is 141 Å². The Morgan fingerprint density at radius 3 is 2.35 bits per heavy atom. The van der Waals surface area contributed by atoms with E-state index < -0.39 is 0 Å². The fraction of sp³-hybridized carbons (Fsp3) is 0.211. The average molecular weight is 328 g/mol. The second-order valence-corrected chi connectivity index (χ2v) is 6.11. The first-order valence-corrected chi connectivity index (χ1v) is 8.33. The van der Waals surface area contributed by atoms with Crippen LogP contribution in [-0.4, -0.2) is 25.8 Å². The Morgan fingerprint density at radius 1 is 1.04 bits per heavy atom. The summed E-state index contributed by atoms with van der Waals surface area (Å²) in [5.41, 5.74) is 1.57. The number of benzene rings is 2. The van der Waals surface area contributed by atoms with Gasteiger partial charge in [0.1, 0.15) is 0 Å². The first kappa shape index (κ1) is 17.2. The van der Waals surface area contributed by atoms with Crippen molar-refractivity contribution in [2.45, 2.75) is 11.8 Å². The van der Waals surface area contributed by atoms with Crippen molar-refractivity contribution in [2.24, 2.45) is 0 Å². The third-order valence-electron chi connectivity index (χ3n) is 3.28. The van der Waals surface area contributed by atoms with Crippen LogP contribution in [0.15, 0.2) is 53.4 Å². The third kappa shape index (κ3) is 4.63. The van der Waals surface area contributed by atoms with Gasteiger partial charge < -0.3 is 9.47 Å². The minimum absolute atomic E-state index is 0.0205. The molecule has 2 aromatic carbocycles. The summed E-state index contributed by atoms with van der Waals surface area (Å²) in [7, 11) is 3.18. The molecule has 0 atom stereocenters. The Morgan fingerprint density at radius 2 is 1.74 bits per heavy atom. The Balaban J connectivity index is 2.11. The van der Waals surface area contributed by atoms with E-state index in [2.05, 4.69) is 6.92 Å². The van der Waals surface area contributed by atoms with Crippen LogP contribution in [0.4, 0.5) is 0 Å². The molecule has 0 spiro atoms. The Hall–Kier alpha value is -2.20. The van der Waals surface area contributed by atoms with Gasteiger partial charge in [0.25, 0.3) is 0 Å². The van der Waals surface area contributed by atoms with Crippen molar-refractivity contribution in [2.75, 3.05) is 20.0 Å². The number of allylic oxidation sites excluding steroid dienone is 1. The van der Waals surface area contributed by atoms with Crippen molar-refractivity contribution in [3.8, 4) is 11.5 Å². The van der Waals surface area contributed by atoms with Crippen molar-refractivity contribution in [1.29, 1.82) is 0 Å². The molecule has 0 heterocycles. The topological polar surface area (TPSA) is 35.5 Å². The van der Waals surface area contributed by atoms with Crippen LogP contribution in [0.3, 0.4) is 0 Å². The van der Waals surface area contributed by atoms with Crippen LogP contribution < -0.4 is 9.47 Å². The van der Waals surface area contributed by atoms with Gasteiger partial charge in [0.05, 0.1) is 14.2 Å². The number of carbonyl (C=O) groups is 1. The van der Waals surface area contributed by atoms with Crippen molar-refractivity contribution in [3.05, 3.63) is 59.7 Å². The van der Waals surface area contributed by atoms with Gasteiger partial charge in [0.15, 0.2) is 17.3 Å². The molecule has 0 amide bonds. The summed E-state index contributed by atoms with van der Waals surface area (Å²) in [5, 5.41) is 0. The minimum Gasteiger partial charge on any atom is -0.493 e. The number of thioether (sulfide) groups is 1. The summed E-state index contributed by atoms with van der Waals surface area (Å²) >= 11 is 1.76. The molecule has 4 heteroatoms. The molecule has 2 rings (SSSR count). The fourth-order valence-corrected chi connectivity index (χ4v) is 2.77. The van der Waals surface area contributed by atoms with E-state index in [1.807, 2.05) is 42.5 Å². The smallest absolute Gasteiger partial charge is 0.185 e. The molecule has 0 aliphatic heterocycles. The van der Waals surface area contributed by atoms with Crippen molar-refractivity contribution < 1.29 is 14.3 Å². The Bertz CT molecular complexity index is 690. The van der Waals surface area contributed by atoms with E-state index in [1.165, 1.54) is 4.90 Å². The molecule has 0 saturated heterocycles. The molecule has 0 aliphatic carbocycles. The SMILES string of the molecule is CCSc1ccc(C(=O)/C=C/c2ccc(OC)c(OC)c2)cc1. The number of hydrogen-bond acceptors (Lipinski definition) is 4. The minimum atomic E-state index is -0.0205. The number of carbonyl (C=O) groups excluding carboxylic acids is 1. The maximum atomic E-state index is 12.2. The molecular weight excluding hydrogens is 308 g/mol. The number of rotatable bonds is 7. The molecule has 0 aliphatic rings. The van der Waals surface area contributed by atoms with Crippen molar-refractivity contribution in [3.63, 3.8) is 0 Å². The monoisotopic (exact) mass is 328 g/mol. The molecule has 0 unspecified atom stereocenters. The molecule has 3 nitrogen and oxygen atoms in total. The normalized spacial score (nSPS) is 10.7. The zero-order valence-corrected chi connectivity index (χ0v) is 14.4. The number of methoxy groups -OCH3 is 2. The van der Waals surface area contributed by atoms with Gasteiger partial charge in [-0.05, 0) is 53.8 Å². The second kappa shape index (κ2) is 8.44. The van der Waals surface area contributed by atoms with E-state index in [1.54, 1.807) is 38.1 Å². The first-order valence-electron chi connectivity index (χ1n) is 7.35. The van der Waals surface area contributed by atoms with Crippen LogP contribution in [0.2, 0.25) is 0 Å². The number of ether oxygens (including phenoxy) is 2. The molecule has 0 aromatic heterocycles. The van der Waals surface area contributed by atoms with Gasteiger partial charge in [-0.15, -0.1) is 11.8 Å². The van der Waals surface area contributed by atoms with Crippen LogP contribution in [0.5, 0.6) is 11.5 Å². The van der Waals surface area contributed by atoms with Crippen LogP contribution in [0.1, 0.15) is 22.8 Å². The predicted molar refractivity (Wildman–Crippen MR) is 95.8 cm³/mol. The largest absolute Gasteiger partial charge is 0.493 e. The summed E-state index contributed by atoms with van der Waals surface area (Å²) in [5.74, 6) is 2.31. The van der Waals surface area contributed by atoms with E-state index >= 15 is 0 Å². The van der Waals surface area contributed by atoms with Crippen LogP contribution in [0, 0.1) is 0 Å². The lowest BCUT2D eigenvalue weighted by Crippen LogP contribution is -1.94. The van der Waals surface area contributed by atoms with Gasteiger partial charge in [-0.3, -0.25) is 4.79 Å². The van der Waals surface area contributed by atoms with E-state index in [4.69, 9.17) is 9.47 Å². The highest BCUT2D eigenvalue weighted by molar-refractivity contribution is 7.99. The molecule has 0 N–H and O–H groups in total. The predicted octanol–water partition coefficient (Wildman–Crippen LogP) is 4.71. The lowest BCUT2D eigenvalue weighted by Gasteiger charge is -2.07. The molecule has 2 aromatic rings. The molecular formula is C19H20O3S. The zero-order chi connectivity index (χ0) is 16.7. The summed E-state index contributed by atoms with van der Waals surface area (Å²) in [6.07, 6.45) is 3.35. The van der Waals surface area contributed by atoms with E-state index in [-0.39, 0.29) is 5.78 Å². The standard InChI is InChI=1S/C19H20O3S/c1-4-23-16-9-7-15(8-10-16)17(20)11-5-14-6-12-18(21-2)19(13-14)22-3/h5-13H,4H2,1-3H3/b11-5+. The number of hydrogen-bond donors (Lipinski definition) is 0. The van der Waals surface area contributed by atoms with Gasteiger partial charge >= 0.3 is 0 Å². The van der Waals surface area contributed by atoms with Gasteiger partial charge in [-0.25, -0.2) is 0 Å². The average Bonchev–Trinajstić information content (AvgIpc) is 2.60. The fourth-order valence-electron chi connectivity index (χ4n) is 2.11. The van der Waals surface area contributed by atoms with Crippen LogP contribution >= 0.6 is 11.8 Å². The van der Waals surface area contributed by atoms with E-state index in [0.29, 0.717) is 17.1 Å². The zero-order valence-electron chi connectivity index (χ0n) is 13.5. The first-order chi connectivity index (χ1) is 11.2. The number of ketones is 1. The van der Waals surface area contributed by atoms with Gasteiger partial charge in [0.2, 0.25) is 0 Å². The summed E-state index contributed by atoms with van der Waals surface area (Å²) in [6.45, 7) is 2.11. The molecule has 120 valence electrons. The lowest BCUT2D eigenvalue weighted by atomic mass is 10.1. The quantitative estimate of drug-likeness (QED) is 0.419. The highest BCUT2D eigenvalue weighted by Gasteiger charge is 2.04. The molecule has 0 fully saturated rings. The van der Waals surface area contributed by atoms with Crippen LogP contribution in [-0.2, 0) is 0 Å². The van der Waals surface area contributed by atoms with E-state index in [9.17, 15) is 4.79 Å². The lowest BCUT2D eigenvalue weighted by molar-refractivity contribution is 0.104. The molecule has 0 bridgehead atoms. The molecule has 0 radical (unpaired) electrons. The van der Waals surface area contributed by atoms with Gasteiger partial charge in [0, 0.05) is 10.5 Å². The van der Waals surface area contributed by atoms with Crippen molar-refractivity contribution >= 4 is 23.6 Å². The maximum Gasteiger partial charge on any atom is 0.185 e. The van der Waals surface area contributed by atoms with Crippen molar-refractivity contribution in [1.82, 2.24) is 0 Å². The van der Waals surface area contributed by atoms with Crippen LogP contribution in [0.25, 0.3) is 6.08 Å². The summed E-state index contributed by atoms with van der Waals surface area (Å²) in [6, 6.07) is 13.2. The summed E-state index contributed by atoms with van der Waals surface area (Å²) in [4.78, 5) is 13.4. The maximum absolute atomic E-state index is 12.2.